The number of nitrogens with zero attached hydrogens (tertiary/aromatic N) is 2. The summed E-state index contributed by atoms with van der Waals surface area (Å²) >= 11 is 5.86. The summed E-state index contributed by atoms with van der Waals surface area (Å²) in [6.45, 7) is 0.518. The van der Waals surface area contributed by atoms with Crippen LogP contribution in [0.4, 0.5) is 0 Å². The van der Waals surface area contributed by atoms with Gasteiger partial charge in [0.15, 0.2) is 0 Å². The molecule has 0 radical (unpaired) electrons. The highest BCUT2D eigenvalue weighted by Crippen LogP contribution is 2.12. The molecule has 0 aromatic carbocycles. The Labute approximate surface area is 74.8 Å². The second-order valence-corrected chi connectivity index (χ2v) is 2.94. The lowest BCUT2D eigenvalue weighted by Gasteiger charge is -1.98. The average Bonchev–Trinajstić information content (AvgIpc) is 2.47. The van der Waals surface area contributed by atoms with Crippen LogP contribution in [-0.2, 0) is 6.54 Å². The third kappa shape index (κ3) is 1.07. The van der Waals surface area contributed by atoms with Gasteiger partial charge in [-0.3, -0.25) is 4.40 Å². The molecule has 0 aliphatic carbocycles. The first kappa shape index (κ1) is 7.58. The summed E-state index contributed by atoms with van der Waals surface area (Å²) in [7, 11) is 0. The Morgan fingerprint density at radius 3 is 3.08 bits per heavy atom. The van der Waals surface area contributed by atoms with E-state index in [0.717, 1.165) is 11.2 Å². The third-order valence-corrected chi connectivity index (χ3v) is 2.04. The highest BCUT2D eigenvalue weighted by Gasteiger charge is 1.99. The summed E-state index contributed by atoms with van der Waals surface area (Å²) in [6, 6.07) is 3.84. The molecule has 2 rings (SSSR count). The van der Waals surface area contributed by atoms with E-state index in [0.29, 0.717) is 11.7 Å². The lowest BCUT2D eigenvalue weighted by Crippen LogP contribution is -1.98. The van der Waals surface area contributed by atoms with Crippen LogP contribution in [0, 0.1) is 0 Å². The molecule has 0 saturated carbocycles. The van der Waals surface area contributed by atoms with Crippen molar-refractivity contribution in [2.24, 2.45) is 5.73 Å². The molecule has 62 valence electrons. The van der Waals surface area contributed by atoms with E-state index in [1.54, 1.807) is 6.20 Å². The molecule has 0 aliphatic heterocycles. The van der Waals surface area contributed by atoms with Crippen LogP contribution < -0.4 is 5.73 Å². The van der Waals surface area contributed by atoms with Crippen molar-refractivity contribution >= 4 is 17.2 Å². The number of hydrogen-bond acceptors (Lipinski definition) is 2. The minimum absolute atomic E-state index is 0.518. The zero-order valence-corrected chi connectivity index (χ0v) is 7.12. The number of pyridine rings is 1. The molecule has 0 fully saturated rings. The highest BCUT2D eigenvalue weighted by atomic mass is 35.5. The first-order valence-corrected chi connectivity index (χ1v) is 4.00. The van der Waals surface area contributed by atoms with Gasteiger partial charge in [-0.2, -0.15) is 0 Å². The first-order chi connectivity index (χ1) is 5.81. The van der Waals surface area contributed by atoms with Crippen LogP contribution in [0.15, 0.2) is 24.5 Å². The van der Waals surface area contributed by atoms with Crippen molar-refractivity contribution in [3.8, 4) is 0 Å². The normalized spacial score (nSPS) is 10.8. The van der Waals surface area contributed by atoms with Crippen molar-refractivity contribution in [3.05, 3.63) is 35.2 Å². The van der Waals surface area contributed by atoms with Gasteiger partial charge in [-0.25, -0.2) is 4.98 Å². The largest absolute Gasteiger partial charge is 0.326 e. The number of halogens is 1. The van der Waals surface area contributed by atoms with Gasteiger partial charge in [0.1, 0.15) is 10.8 Å². The van der Waals surface area contributed by atoms with Gasteiger partial charge in [0.25, 0.3) is 0 Å². The summed E-state index contributed by atoms with van der Waals surface area (Å²) in [4.78, 5) is 4.08. The zero-order chi connectivity index (χ0) is 8.55. The number of aromatic nitrogens is 2. The predicted molar refractivity (Wildman–Crippen MR) is 48.1 cm³/mol. The number of imidazole rings is 1. The second kappa shape index (κ2) is 2.77. The van der Waals surface area contributed by atoms with Crippen LogP contribution in [0.1, 0.15) is 5.56 Å². The van der Waals surface area contributed by atoms with E-state index in [9.17, 15) is 0 Å². The topological polar surface area (TPSA) is 43.3 Å². The Balaban J connectivity index is 2.71. The van der Waals surface area contributed by atoms with Crippen molar-refractivity contribution in [1.82, 2.24) is 9.38 Å². The van der Waals surface area contributed by atoms with Crippen molar-refractivity contribution in [1.29, 1.82) is 0 Å². The van der Waals surface area contributed by atoms with Gasteiger partial charge in [0.05, 0.1) is 6.20 Å². The average molecular weight is 182 g/mol. The van der Waals surface area contributed by atoms with Gasteiger partial charge in [0, 0.05) is 12.7 Å². The number of rotatable bonds is 1. The van der Waals surface area contributed by atoms with Gasteiger partial charge in [0.2, 0.25) is 0 Å². The SMILES string of the molecule is NCc1ccc2ncc(Cl)n2c1. The zero-order valence-electron chi connectivity index (χ0n) is 6.37. The maximum absolute atomic E-state index is 5.86. The Hall–Kier alpha value is -1.06. The summed E-state index contributed by atoms with van der Waals surface area (Å²) in [6.07, 6.45) is 3.52. The number of hydrogen-bond donors (Lipinski definition) is 1. The molecule has 12 heavy (non-hydrogen) atoms. The van der Waals surface area contributed by atoms with E-state index in [1.807, 2.05) is 22.7 Å². The van der Waals surface area contributed by atoms with Crippen LogP contribution in [0.2, 0.25) is 5.15 Å². The second-order valence-electron chi connectivity index (χ2n) is 2.55. The fourth-order valence-electron chi connectivity index (χ4n) is 1.12. The van der Waals surface area contributed by atoms with Gasteiger partial charge < -0.3 is 5.73 Å². The fraction of sp³-hybridized carbons (Fsp3) is 0.125. The van der Waals surface area contributed by atoms with Crippen molar-refractivity contribution in [2.75, 3.05) is 0 Å². The van der Waals surface area contributed by atoms with Crippen LogP contribution in [0.3, 0.4) is 0 Å². The Kier molecular flexibility index (Phi) is 1.75. The van der Waals surface area contributed by atoms with Crippen LogP contribution in [-0.4, -0.2) is 9.38 Å². The summed E-state index contributed by atoms with van der Waals surface area (Å²) < 4.78 is 1.81. The molecule has 0 aliphatic rings. The minimum atomic E-state index is 0.518. The smallest absolute Gasteiger partial charge is 0.137 e. The summed E-state index contributed by atoms with van der Waals surface area (Å²) in [5.41, 5.74) is 7.37. The van der Waals surface area contributed by atoms with Gasteiger partial charge >= 0.3 is 0 Å². The van der Waals surface area contributed by atoms with E-state index in [4.69, 9.17) is 17.3 Å². The lowest BCUT2D eigenvalue weighted by molar-refractivity contribution is 1.03. The maximum Gasteiger partial charge on any atom is 0.137 e. The van der Waals surface area contributed by atoms with Gasteiger partial charge in [-0.1, -0.05) is 17.7 Å². The quantitative estimate of drug-likeness (QED) is 0.724. The van der Waals surface area contributed by atoms with Crippen molar-refractivity contribution in [3.63, 3.8) is 0 Å². The van der Waals surface area contributed by atoms with E-state index >= 15 is 0 Å². The Bertz CT molecular complexity index is 408. The molecular formula is C8H8ClN3. The van der Waals surface area contributed by atoms with Crippen molar-refractivity contribution in [2.45, 2.75) is 6.54 Å². The Morgan fingerprint density at radius 2 is 2.33 bits per heavy atom. The number of fused-ring (bicyclic) bond motifs is 1. The third-order valence-electron chi connectivity index (χ3n) is 1.76. The maximum atomic E-state index is 5.86. The van der Waals surface area contributed by atoms with Crippen LogP contribution in [0.25, 0.3) is 5.65 Å². The molecule has 2 aromatic rings. The van der Waals surface area contributed by atoms with E-state index in [2.05, 4.69) is 4.98 Å². The molecule has 2 aromatic heterocycles. The molecule has 0 bridgehead atoms. The molecule has 0 spiro atoms. The first-order valence-electron chi connectivity index (χ1n) is 3.63. The summed E-state index contributed by atoms with van der Waals surface area (Å²) in [5, 5.41) is 0.611. The standard InChI is InChI=1S/C8H8ClN3/c9-7-4-11-8-2-1-6(3-10)5-12(7)8/h1-2,4-5H,3,10H2. The van der Waals surface area contributed by atoms with Gasteiger partial charge in [-0.05, 0) is 11.6 Å². The highest BCUT2D eigenvalue weighted by molar-refractivity contribution is 6.29. The molecule has 4 heteroatoms. The molecular weight excluding hydrogens is 174 g/mol. The minimum Gasteiger partial charge on any atom is -0.326 e. The fourth-order valence-corrected chi connectivity index (χ4v) is 1.30. The lowest BCUT2D eigenvalue weighted by atomic mass is 10.3. The summed E-state index contributed by atoms with van der Waals surface area (Å²) in [5.74, 6) is 0. The van der Waals surface area contributed by atoms with Crippen LogP contribution >= 0.6 is 11.6 Å². The molecule has 0 amide bonds. The van der Waals surface area contributed by atoms with E-state index in [1.165, 1.54) is 0 Å². The molecule has 0 unspecified atom stereocenters. The Morgan fingerprint density at radius 1 is 1.50 bits per heavy atom. The molecule has 0 saturated heterocycles. The van der Waals surface area contributed by atoms with E-state index < -0.39 is 0 Å². The predicted octanol–water partition coefficient (Wildman–Crippen LogP) is 1.45. The van der Waals surface area contributed by atoms with Crippen molar-refractivity contribution < 1.29 is 0 Å². The monoisotopic (exact) mass is 181 g/mol. The van der Waals surface area contributed by atoms with E-state index in [-0.39, 0.29) is 0 Å². The molecule has 0 atom stereocenters. The molecule has 2 N–H and O–H groups in total. The van der Waals surface area contributed by atoms with Crippen LogP contribution in [0.5, 0.6) is 0 Å². The van der Waals surface area contributed by atoms with Gasteiger partial charge in [-0.15, -0.1) is 0 Å². The molecule has 3 nitrogen and oxygen atoms in total. The molecule has 2 heterocycles. The number of nitrogens with two attached hydrogens (primary N) is 1.